The maximum atomic E-state index is 12.6. The zero-order valence-electron chi connectivity index (χ0n) is 26.0. The van der Waals surface area contributed by atoms with Crippen LogP contribution in [0, 0.1) is 11.8 Å². The third-order valence-corrected chi connectivity index (χ3v) is 9.31. The first-order chi connectivity index (χ1) is 22.0. The largest absolute Gasteiger partial charge is 0.491 e. The van der Waals surface area contributed by atoms with Gasteiger partial charge < -0.3 is 18.9 Å². The lowest BCUT2D eigenvalue weighted by atomic mass is 9.68. The number of hydrogen-bond acceptors (Lipinski definition) is 6. The SMILES string of the molecule is COCCOc1ccc(C2(c3ccc(OCCOC(=O)C4CCC(C(C)=O)CC4)cc3)c3ccccc3-c3ccccc32)cc1. The van der Waals surface area contributed by atoms with Crippen LogP contribution in [0.1, 0.15) is 54.9 Å². The van der Waals surface area contributed by atoms with E-state index in [0.29, 0.717) is 31.8 Å². The van der Waals surface area contributed by atoms with Crippen LogP contribution in [-0.2, 0) is 24.5 Å². The minimum atomic E-state index is -0.520. The van der Waals surface area contributed by atoms with Crippen LogP contribution in [0.2, 0.25) is 0 Å². The van der Waals surface area contributed by atoms with Crippen molar-refractivity contribution in [2.24, 2.45) is 11.8 Å². The molecule has 6 heteroatoms. The maximum Gasteiger partial charge on any atom is 0.309 e. The topological polar surface area (TPSA) is 71.1 Å². The predicted octanol–water partition coefficient (Wildman–Crippen LogP) is 7.39. The minimum absolute atomic E-state index is 0.0881. The normalized spacial score (nSPS) is 18.0. The number of carbonyl (C=O) groups is 2. The predicted molar refractivity (Wildman–Crippen MR) is 174 cm³/mol. The van der Waals surface area contributed by atoms with E-state index in [4.69, 9.17) is 18.9 Å². The van der Waals surface area contributed by atoms with Gasteiger partial charge in [0.1, 0.15) is 37.1 Å². The smallest absolute Gasteiger partial charge is 0.309 e. The summed E-state index contributed by atoms with van der Waals surface area (Å²) in [4.78, 5) is 24.2. The van der Waals surface area contributed by atoms with Crippen molar-refractivity contribution in [2.45, 2.75) is 38.0 Å². The van der Waals surface area contributed by atoms with Gasteiger partial charge in [0.05, 0.1) is 17.9 Å². The molecule has 0 spiro atoms. The summed E-state index contributed by atoms with van der Waals surface area (Å²) in [7, 11) is 1.67. The molecule has 0 radical (unpaired) electrons. The third-order valence-electron chi connectivity index (χ3n) is 9.31. The Bertz CT molecular complexity index is 1570. The van der Waals surface area contributed by atoms with Crippen molar-refractivity contribution in [2.75, 3.05) is 33.5 Å². The molecule has 0 N–H and O–H groups in total. The molecule has 0 amide bonds. The second kappa shape index (κ2) is 13.7. The highest BCUT2D eigenvalue weighted by molar-refractivity contribution is 5.86. The van der Waals surface area contributed by atoms with Crippen LogP contribution >= 0.6 is 0 Å². The summed E-state index contributed by atoms with van der Waals surface area (Å²) in [5.74, 6) is 1.51. The van der Waals surface area contributed by atoms with Crippen LogP contribution in [0.3, 0.4) is 0 Å². The van der Waals surface area contributed by atoms with Crippen molar-refractivity contribution in [1.82, 2.24) is 0 Å². The summed E-state index contributed by atoms with van der Waals surface area (Å²) in [6.45, 7) is 3.13. The Labute approximate surface area is 265 Å². The number of Topliss-reactive ketones (excluding diaryl/α,β-unsaturated/α-hetero) is 1. The molecule has 0 atom stereocenters. The molecule has 0 saturated heterocycles. The first-order valence-corrected chi connectivity index (χ1v) is 15.8. The first-order valence-electron chi connectivity index (χ1n) is 15.8. The fourth-order valence-corrected chi connectivity index (χ4v) is 7.02. The van der Waals surface area contributed by atoms with Gasteiger partial charge in [-0.2, -0.15) is 0 Å². The number of ether oxygens (including phenoxy) is 4. The van der Waals surface area contributed by atoms with Crippen molar-refractivity contribution in [1.29, 1.82) is 0 Å². The standard InChI is InChI=1S/C39H40O6/c1-27(40)28-11-13-29(14-12-28)38(41)45-26-25-44-33-21-17-31(18-22-33)39(30-15-19-32(20-16-30)43-24-23-42-2)36-9-5-3-7-34(36)35-8-4-6-10-37(35)39/h3-10,15-22,28-29H,11-14,23-26H2,1-2H3. The van der Waals surface area contributed by atoms with Crippen LogP contribution in [0.15, 0.2) is 97.1 Å². The molecule has 6 rings (SSSR count). The van der Waals surface area contributed by atoms with Gasteiger partial charge in [-0.05, 0) is 90.3 Å². The van der Waals surface area contributed by atoms with Crippen molar-refractivity contribution in [3.05, 3.63) is 119 Å². The van der Waals surface area contributed by atoms with Crippen LogP contribution in [0.25, 0.3) is 11.1 Å². The molecular formula is C39H40O6. The van der Waals surface area contributed by atoms with Gasteiger partial charge in [0.2, 0.25) is 0 Å². The Morgan fingerprint density at radius 1 is 0.622 bits per heavy atom. The van der Waals surface area contributed by atoms with Crippen molar-refractivity contribution >= 4 is 11.8 Å². The molecule has 1 fully saturated rings. The second-order valence-electron chi connectivity index (χ2n) is 11.9. The van der Waals surface area contributed by atoms with Crippen molar-refractivity contribution in [3.63, 3.8) is 0 Å². The van der Waals surface area contributed by atoms with Gasteiger partial charge in [-0.25, -0.2) is 0 Å². The molecule has 0 unspecified atom stereocenters. The fourth-order valence-electron chi connectivity index (χ4n) is 7.02. The molecule has 4 aromatic rings. The van der Waals surface area contributed by atoms with Gasteiger partial charge in [0, 0.05) is 13.0 Å². The van der Waals surface area contributed by atoms with Crippen LogP contribution in [-0.4, -0.2) is 45.3 Å². The van der Waals surface area contributed by atoms with Gasteiger partial charge in [-0.1, -0.05) is 72.8 Å². The Hall–Kier alpha value is -4.42. The molecule has 232 valence electrons. The minimum Gasteiger partial charge on any atom is -0.491 e. The Balaban J connectivity index is 1.20. The van der Waals surface area contributed by atoms with Crippen LogP contribution in [0.5, 0.6) is 11.5 Å². The van der Waals surface area contributed by atoms with E-state index in [0.717, 1.165) is 29.7 Å². The number of benzene rings is 4. The first kappa shape index (κ1) is 30.6. The summed E-state index contributed by atoms with van der Waals surface area (Å²) in [6, 6.07) is 33.9. The van der Waals surface area contributed by atoms with E-state index in [1.165, 1.54) is 22.3 Å². The summed E-state index contributed by atoms with van der Waals surface area (Å²) in [5, 5.41) is 0. The van der Waals surface area contributed by atoms with Crippen LogP contribution in [0.4, 0.5) is 0 Å². The fraction of sp³-hybridized carbons (Fsp3) is 0.333. The van der Waals surface area contributed by atoms with Gasteiger partial charge in [0.25, 0.3) is 0 Å². The van der Waals surface area contributed by atoms with E-state index in [1.54, 1.807) is 14.0 Å². The molecule has 0 aliphatic heterocycles. The number of methoxy groups -OCH3 is 1. The third kappa shape index (κ3) is 6.12. The molecule has 2 aliphatic carbocycles. The summed E-state index contributed by atoms with van der Waals surface area (Å²) >= 11 is 0. The van der Waals surface area contributed by atoms with Crippen molar-refractivity contribution in [3.8, 4) is 22.6 Å². The molecule has 0 bridgehead atoms. The van der Waals surface area contributed by atoms with E-state index < -0.39 is 5.41 Å². The number of fused-ring (bicyclic) bond motifs is 3. The molecular weight excluding hydrogens is 564 g/mol. The van der Waals surface area contributed by atoms with E-state index in [2.05, 4.69) is 72.8 Å². The van der Waals surface area contributed by atoms with Crippen molar-refractivity contribution < 1.29 is 28.5 Å². The quantitative estimate of drug-likeness (QED) is 0.109. The van der Waals surface area contributed by atoms with E-state index in [1.807, 2.05) is 24.3 Å². The van der Waals surface area contributed by atoms with E-state index >= 15 is 0 Å². The average molecular weight is 605 g/mol. The Morgan fingerprint density at radius 3 is 1.58 bits per heavy atom. The van der Waals surface area contributed by atoms with Crippen LogP contribution < -0.4 is 9.47 Å². The molecule has 2 aliphatic rings. The Morgan fingerprint density at radius 2 is 1.09 bits per heavy atom. The Kier molecular flexibility index (Phi) is 9.31. The maximum absolute atomic E-state index is 12.6. The number of rotatable bonds is 12. The molecule has 45 heavy (non-hydrogen) atoms. The number of ketones is 1. The summed E-state index contributed by atoms with van der Waals surface area (Å²) < 4.78 is 22.6. The van der Waals surface area contributed by atoms with E-state index in [-0.39, 0.29) is 36.8 Å². The molecule has 6 nitrogen and oxygen atoms in total. The molecule has 4 aromatic carbocycles. The lowest BCUT2D eigenvalue weighted by molar-refractivity contribution is -0.151. The zero-order valence-corrected chi connectivity index (χ0v) is 26.0. The highest BCUT2D eigenvalue weighted by Crippen LogP contribution is 2.56. The van der Waals surface area contributed by atoms with Gasteiger partial charge in [-0.15, -0.1) is 0 Å². The highest BCUT2D eigenvalue weighted by Gasteiger charge is 2.45. The molecule has 0 heterocycles. The van der Waals surface area contributed by atoms with E-state index in [9.17, 15) is 9.59 Å². The lowest BCUT2D eigenvalue weighted by Gasteiger charge is -2.34. The van der Waals surface area contributed by atoms with Gasteiger partial charge in [-0.3, -0.25) is 9.59 Å². The summed E-state index contributed by atoms with van der Waals surface area (Å²) in [6.07, 6.45) is 2.95. The second-order valence-corrected chi connectivity index (χ2v) is 11.9. The molecule has 1 saturated carbocycles. The highest BCUT2D eigenvalue weighted by atomic mass is 16.6. The molecule has 0 aromatic heterocycles. The summed E-state index contributed by atoms with van der Waals surface area (Å²) in [5.41, 5.74) is 6.68. The van der Waals surface area contributed by atoms with Gasteiger partial charge in [0.15, 0.2) is 0 Å². The monoisotopic (exact) mass is 604 g/mol. The number of carbonyl (C=O) groups excluding carboxylic acids is 2. The average Bonchev–Trinajstić information content (AvgIpc) is 3.38. The van der Waals surface area contributed by atoms with Gasteiger partial charge >= 0.3 is 5.97 Å². The zero-order chi connectivity index (χ0) is 31.2. The number of hydrogen-bond donors (Lipinski definition) is 0. The number of esters is 1. The lowest BCUT2D eigenvalue weighted by Crippen LogP contribution is -2.28.